The highest BCUT2D eigenvalue weighted by atomic mass is 32.2. The van der Waals surface area contributed by atoms with Crippen molar-refractivity contribution in [3.63, 3.8) is 0 Å². The van der Waals surface area contributed by atoms with Crippen molar-refractivity contribution in [1.29, 1.82) is 0 Å². The van der Waals surface area contributed by atoms with Crippen molar-refractivity contribution in [1.82, 2.24) is 4.90 Å². The lowest BCUT2D eigenvalue weighted by Gasteiger charge is -2.17. The zero-order valence-corrected chi connectivity index (χ0v) is 13.7. The van der Waals surface area contributed by atoms with Crippen LogP contribution < -0.4 is 4.74 Å². The number of nitrogens with zero attached hydrogens (tertiary/aromatic N) is 1. The molecule has 1 aliphatic rings. The van der Waals surface area contributed by atoms with Crippen LogP contribution in [0.2, 0.25) is 0 Å². The third-order valence-corrected chi connectivity index (χ3v) is 4.17. The minimum Gasteiger partial charge on any atom is -0.496 e. The number of ether oxygens (including phenoxy) is 2. The lowest BCUT2D eigenvalue weighted by atomic mass is 10.1. The molecular formula is C16H17NO5S. The number of methoxy groups -OCH3 is 1. The second kappa shape index (κ2) is 7.82. The van der Waals surface area contributed by atoms with Gasteiger partial charge in [0, 0.05) is 0 Å². The molecule has 1 fully saturated rings. The maximum atomic E-state index is 12.5. The fourth-order valence-corrected chi connectivity index (χ4v) is 3.02. The summed E-state index contributed by atoms with van der Waals surface area (Å²) in [7, 11) is 1.48. The second-order valence-electron chi connectivity index (χ2n) is 4.63. The van der Waals surface area contributed by atoms with Crippen LogP contribution in [0, 0.1) is 0 Å². The number of Topliss-reactive ketones (excluding diaryl/α,β-unsaturated/α-hetero) is 1. The van der Waals surface area contributed by atoms with Gasteiger partial charge in [0.2, 0.25) is 5.91 Å². The van der Waals surface area contributed by atoms with Crippen LogP contribution in [0.15, 0.2) is 35.4 Å². The van der Waals surface area contributed by atoms with Gasteiger partial charge in [-0.2, -0.15) is 0 Å². The van der Waals surface area contributed by atoms with Gasteiger partial charge in [-0.25, -0.2) is 4.79 Å². The average molecular weight is 335 g/mol. The average Bonchev–Trinajstić information content (AvgIpc) is 2.88. The van der Waals surface area contributed by atoms with Gasteiger partial charge in [-0.3, -0.25) is 14.5 Å². The van der Waals surface area contributed by atoms with Gasteiger partial charge < -0.3 is 9.47 Å². The summed E-state index contributed by atoms with van der Waals surface area (Å²) in [5, 5.41) is 0.427. The molecule has 1 heterocycles. The summed E-state index contributed by atoms with van der Waals surface area (Å²) in [6, 6.07) is 6.82. The summed E-state index contributed by atoms with van der Waals surface area (Å²) in [6.45, 7) is 1.81. The number of hydrogen-bond donors (Lipinski definition) is 0. The third kappa shape index (κ3) is 4.13. The molecule has 7 heteroatoms. The molecule has 23 heavy (non-hydrogen) atoms. The molecule has 0 aromatic heterocycles. The van der Waals surface area contributed by atoms with Crippen LogP contribution in [-0.2, 0) is 14.3 Å². The van der Waals surface area contributed by atoms with Gasteiger partial charge in [-0.15, -0.1) is 0 Å². The predicted molar refractivity (Wildman–Crippen MR) is 86.2 cm³/mol. The lowest BCUT2D eigenvalue weighted by molar-refractivity contribution is -0.137. The van der Waals surface area contributed by atoms with Crippen molar-refractivity contribution in [2.45, 2.75) is 6.92 Å². The summed E-state index contributed by atoms with van der Waals surface area (Å²) in [5.74, 6) is -0.348. The first-order valence-corrected chi connectivity index (χ1v) is 8.03. The molecule has 1 aromatic carbocycles. The van der Waals surface area contributed by atoms with Crippen LogP contribution in [0.1, 0.15) is 17.3 Å². The summed E-state index contributed by atoms with van der Waals surface area (Å²) in [6.07, 6.45) is 1.24. The zero-order valence-electron chi connectivity index (χ0n) is 12.9. The van der Waals surface area contributed by atoms with Crippen LogP contribution in [0.4, 0.5) is 0 Å². The maximum absolute atomic E-state index is 12.5. The Bertz CT molecular complexity index is 656. The number of hydrogen-bond acceptors (Lipinski definition) is 6. The largest absolute Gasteiger partial charge is 0.496 e. The molecule has 0 saturated carbocycles. The molecular weight excluding hydrogens is 318 g/mol. The molecule has 6 nitrogen and oxygen atoms in total. The summed E-state index contributed by atoms with van der Waals surface area (Å²) < 4.78 is 10.0. The smallest absolute Gasteiger partial charge is 0.333 e. The predicted octanol–water partition coefficient (Wildman–Crippen LogP) is 1.86. The van der Waals surface area contributed by atoms with E-state index in [4.69, 9.17) is 9.47 Å². The highest BCUT2D eigenvalue weighted by Gasteiger charge is 2.30. The number of amides is 1. The molecule has 122 valence electrons. The van der Waals surface area contributed by atoms with E-state index < -0.39 is 5.97 Å². The van der Waals surface area contributed by atoms with E-state index >= 15 is 0 Å². The van der Waals surface area contributed by atoms with Gasteiger partial charge in [-0.05, 0) is 19.1 Å². The summed E-state index contributed by atoms with van der Waals surface area (Å²) in [4.78, 5) is 37.3. The van der Waals surface area contributed by atoms with Crippen LogP contribution in [0.5, 0.6) is 5.75 Å². The molecule has 0 aliphatic carbocycles. The van der Waals surface area contributed by atoms with E-state index in [0.29, 0.717) is 16.3 Å². The highest BCUT2D eigenvalue weighted by Crippen LogP contribution is 2.29. The van der Waals surface area contributed by atoms with Crippen molar-refractivity contribution in [2.75, 3.05) is 26.0 Å². The van der Waals surface area contributed by atoms with Crippen molar-refractivity contribution in [3.05, 3.63) is 40.9 Å². The Balaban J connectivity index is 2.17. The Morgan fingerprint density at radius 3 is 2.78 bits per heavy atom. The standard InChI is InChI=1S/C16H17NO5S/c1-3-22-16(20)8-15-17(14(19)10-23-15)9-12(18)11-6-4-5-7-13(11)21-2/h4-8H,3,9-10H2,1-2H3/b15-8-. The van der Waals surface area contributed by atoms with E-state index in [1.807, 2.05) is 0 Å². The fourth-order valence-electron chi connectivity index (χ4n) is 2.09. The Kier molecular flexibility index (Phi) is 5.81. The van der Waals surface area contributed by atoms with Gasteiger partial charge in [0.1, 0.15) is 5.75 Å². The number of rotatable bonds is 6. The van der Waals surface area contributed by atoms with E-state index in [9.17, 15) is 14.4 Å². The molecule has 1 aliphatic heterocycles. The van der Waals surface area contributed by atoms with Gasteiger partial charge >= 0.3 is 5.97 Å². The fraction of sp³-hybridized carbons (Fsp3) is 0.312. The minimum atomic E-state index is -0.528. The molecule has 0 spiro atoms. The molecule has 0 radical (unpaired) electrons. The van der Waals surface area contributed by atoms with Gasteiger partial charge in [0.05, 0.1) is 42.7 Å². The number of benzene rings is 1. The number of esters is 1. The molecule has 2 rings (SSSR count). The summed E-state index contributed by atoms with van der Waals surface area (Å²) >= 11 is 1.21. The zero-order chi connectivity index (χ0) is 16.8. The number of para-hydroxylation sites is 1. The topological polar surface area (TPSA) is 72.9 Å². The van der Waals surface area contributed by atoms with Crippen LogP contribution in [0.25, 0.3) is 0 Å². The van der Waals surface area contributed by atoms with E-state index in [-0.39, 0.29) is 30.6 Å². The van der Waals surface area contributed by atoms with E-state index in [0.717, 1.165) is 0 Å². The first kappa shape index (κ1) is 17.1. The van der Waals surface area contributed by atoms with Crippen molar-refractivity contribution < 1.29 is 23.9 Å². The Morgan fingerprint density at radius 1 is 1.35 bits per heavy atom. The molecule has 1 saturated heterocycles. The van der Waals surface area contributed by atoms with Crippen LogP contribution in [-0.4, -0.2) is 48.6 Å². The minimum absolute atomic E-state index is 0.141. The quantitative estimate of drug-likeness (QED) is 0.449. The van der Waals surface area contributed by atoms with Gasteiger partial charge in [0.25, 0.3) is 0 Å². The number of ketones is 1. The van der Waals surface area contributed by atoms with Crippen LogP contribution >= 0.6 is 11.8 Å². The molecule has 1 amide bonds. The molecule has 0 atom stereocenters. The number of carbonyl (C=O) groups is 3. The van der Waals surface area contributed by atoms with Gasteiger partial charge in [0.15, 0.2) is 5.78 Å². The Hall–Kier alpha value is -2.28. The molecule has 1 aromatic rings. The van der Waals surface area contributed by atoms with Gasteiger partial charge in [-0.1, -0.05) is 23.9 Å². The maximum Gasteiger partial charge on any atom is 0.333 e. The van der Waals surface area contributed by atoms with Crippen LogP contribution in [0.3, 0.4) is 0 Å². The van der Waals surface area contributed by atoms with E-state index in [1.54, 1.807) is 31.2 Å². The van der Waals surface area contributed by atoms with Crippen molar-refractivity contribution >= 4 is 29.4 Å². The summed E-state index contributed by atoms with van der Waals surface area (Å²) in [5.41, 5.74) is 0.398. The SMILES string of the molecule is CCOC(=O)/C=C1\SCC(=O)N1CC(=O)c1ccccc1OC. The number of thioether (sulfide) groups is 1. The molecule has 0 bridgehead atoms. The van der Waals surface area contributed by atoms with E-state index in [2.05, 4.69) is 0 Å². The number of carbonyl (C=O) groups excluding carboxylic acids is 3. The Labute approximate surface area is 138 Å². The lowest BCUT2D eigenvalue weighted by Crippen LogP contribution is -2.31. The monoisotopic (exact) mass is 335 g/mol. The second-order valence-corrected chi connectivity index (χ2v) is 5.62. The Morgan fingerprint density at radius 2 is 2.09 bits per heavy atom. The first-order chi connectivity index (χ1) is 11.1. The molecule has 0 unspecified atom stereocenters. The highest BCUT2D eigenvalue weighted by molar-refractivity contribution is 8.04. The first-order valence-electron chi connectivity index (χ1n) is 7.04. The third-order valence-electron chi connectivity index (χ3n) is 3.15. The van der Waals surface area contributed by atoms with Crippen molar-refractivity contribution in [3.8, 4) is 5.75 Å². The molecule has 0 N–H and O–H groups in total. The normalized spacial score (nSPS) is 15.8. The van der Waals surface area contributed by atoms with Crippen molar-refractivity contribution in [2.24, 2.45) is 0 Å². The van der Waals surface area contributed by atoms with E-state index in [1.165, 1.54) is 29.8 Å².